The van der Waals surface area contributed by atoms with Gasteiger partial charge in [-0.05, 0) is 38.0 Å². The Morgan fingerprint density at radius 3 is 2.96 bits per heavy atom. The Bertz CT molecular complexity index is 788. The van der Waals surface area contributed by atoms with E-state index in [1.165, 1.54) is 0 Å². The minimum atomic E-state index is -0.265. The van der Waals surface area contributed by atoms with Crippen molar-refractivity contribution in [2.75, 3.05) is 24.7 Å². The molecule has 4 rings (SSSR count). The van der Waals surface area contributed by atoms with Gasteiger partial charge in [0.1, 0.15) is 18.4 Å². The van der Waals surface area contributed by atoms with Crippen molar-refractivity contribution < 1.29 is 14.3 Å². The third-order valence-electron chi connectivity index (χ3n) is 4.88. The van der Waals surface area contributed by atoms with Crippen molar-refractivity contribution in [3.05, 3.63) is 35.8 Å². The number of fused-ring (bicyclic) bond motifs is 1. The van der Waals surface area contributed by atoms with Crippen molar-refractivity contribution >= 4 is 11.6 Å². The third kappa shape index (κ3) is 2.89. The van der Waals surface area contributed by atoms with Crippen LogP contribution in [0.25, 0.3) is 0 Å². The number of hydrogen-bond acceptors (Lipinski definition) is 5. The smallest absolute Gasteiger partial charge is 0.238 e. The molecular weight excluding hydrogens is 320 g/mol. The summed E-state index contributed by atoms with van der Waals surface area (Å²) in [4.78, 5) is 19.6. The summed E-state index contributed by atoms with van der Waals surface area (Å²) in [7, 11) is 1.88. The van der Waals surface area contributed by atoms with Crippen LogP contribution in [-0.2, 0) is 16.6 Å². The highest BCUT2D eigenvalue weighted by atomic mass is 16.5. The largest absolute Gasteiger partial charge is 0.474 e. The second-order valence-corrected chi connectivity index (χ2v) is 6.54. The topological polar surface area (TPSA) is 69.5 Å². The zero-order valence-corrected chi connectivity index (χ0v) is 14.5. The van der Waals surface area contributed by atoms with E-state index in [2.05, 4.69) is 10.1 Å². The van der Waals surface area contributed by atoms with Gasteiger partial charge in [0.25, 0.3) is 0 Å². The Hall–Kier alpha value is -2.41. The van der Waals surface area contributed by atoms with E-state index in [0.717, 1.165) is 29.9 Å². The number of pyridine rings is 1. The van der Waals surface area contributed by atoms with Gasteiger partial charge in [0.2, 0.25) is 11.8 Å². The monoisotopic (exact) mass is 342 g/mol. The van der Waals surface area contributed by atoms with Crippen molar-refractivity contribution in [2.24, 2.45) is 13.0 Å². The number of amides is 1. The molecule has 1 amide bonds. The zero-order chi connectivity index (χ0) is 17.4. The second-order valence-electron chi connectivity index (χ2n) is 6.54. The third-order valence-corrected chi connectivity index (χ3v) is 4.88. The predicted molar refractivity (Wildman–Crippen MR) is 91.4 cm³/mol. The Labute approximate surface area is 146 Å². The van der Waals surface area contributed by atoms with Crippen molar-refractivity contribution in [2.45, 2.75) is 25.9 Å². The first-order valence-electron chi connectivity index (χ1n) is 8.66. The minimum absolute atomic E-state index is 0.0705. The molecule has 4 heterocycles. The van der Waals surface area contributed by atoms with Crippen molar-refractivity contribution in [3.63, 3.8) is 0 Å². The molecule has 0 aliphatic carbocycles. The lowest BCUT2D eigenvalue weighted by molar-refractivity contribution is -0.132. The molecule has 2 aromatic heterocycles. The molecule has 1 saturated heterocycles. The molecule has 0 bridgehead atoms. The van der Waals surface area contributed by atoms with E-state index < -0.39 is 0 Å². The first-order valence-corrected chi connectivity index (χ1v) is 8.66. The number of rotatable bonds is 2. The van der Waals surface area contributed by atoms with Crippen LogP contribution < -0.4 is 9.64 Å². The van der Waals surface area contributed by atoms with E-state index in [1.54, 1.807) is 15.8 Å². The van der Waals surface area contributed by atoms with Crippen LogP contribution in [0.1, 0.15) is 30.3 Å². The first kappa shape index (κ1) is 16.1. The number of ether oxygens (including phenoxy) is 2. The van der Waals surface area contributed by atoms with Crippen LogP contribution in [0.3, 0.4) is 0 Å². The van der Waals surface area contributed by atoms with E-state index in [1.807, 2.05) is 32.2 Å². The summed E-state index contributed by atoms with van der Waals surface area (Å²) in [5.41, 5.74) is 2.56. The van der Waals surface area contributed by atoms with Gasteiger partial charge in [0.15, 0.2) is 0 Å². The molecule has 2 aliphatic heterocycles. The highest BCUT2D eigenvalue weighted by Crippen LogP contribution is 2.38. The fourth-order valence-corrected chi connectivity index (χ4v) is 3.61. The average molecular weight is 342 g/mol. The summed E-state index contributed by atoms with van der Waals surface area (Å²) in [6.07, 6.45) is 3.17. The van der Waals surface area contributed by atoms with Crippen LogP contribution in [0.4, 0.5) is 5.69 Å². The molecule has 0 N–H and O–H groups in total. The molecule has 7 nitrogen and oxygen atoms in total. The molecular formula is C18H22N4O3. The summed E-state index contributed by atoms with van der Waals surface area (Å²) in [5.74, 6) is 0.380. The van der Waals surface area contributed by atoms with E-state index >= 15 is 0 Å². The number of aromatic nitrogens is 3. The van der Waals surface area contributed by atoms with Gasteiger partial charge < -0.3 is 14.4 Å². The molecule has 0 saturated carbocycles. The summed E-state index contributed by atoms with van der Waals surface area (Å²) in [6, 6.07) is 5.75. The Kier molecular flexibility index (Phi) is 4.17. The Morgan fingerprint density at radius 2 is 2.16 bits per heavy atom. The molecule has 0 unspecified atom stereocenters. The molecule has 1 fully saturated rings. The molecule has 132 valence electrons. The summed E-state index contributed by atoms with van der Waals surface area (Å²) >= 11 is 0. The molecule has 2 atom stereocenters. The molecule has 7 heteroatoms. The maximum absolute atomic E-state index is 13.4. The SMILES string of the molecule is Cc1ccc2c(n1)OCCN2C(=O)[C@@H]1CCCO[C@H]1c1ccnn1C. The van der Waals surface area contributed by atoms with Gasteiger partial charge in [-0.15, -0.1) is 0 Å². The Balaban J connectivity index is 1.65. The van der Waals surface area contributed by atoms with Crippen LogP contribution in [0.5, 0.6) is 5.88 Å². The summed E-state index contributed by atoms with van der Waals surface area (Å²) in [6.45, 7) is 3.57. The van der Waals surface area contributed by atoms with Gasteiger partial charge in [-0.1, -0.05) is 0 Å². The van der Waals surface area contributed by atoms with E-state index in [-0.39, 0.29) is 17.9 Å². The highest BCUT2D eigenvalue weighted by molar-refractivity contribution is 5.97. The van der Waals surface area contributed by atoms with Crippen LogP contribution >= 0.6 is 0 Å². The van der Waals surface area contributed by atoms with E-state index in [0.29, 0.717) is 25.6 Å². The maximum atomic E-state index is 13.4. The van der Waals surface area contributed by atoms with Crippen molar-refractivity contribution in [1.29, 1.82) is 0 Å². The molecule has 0 radical (unpaired) electrons. The van der Waals surface area contributed by atoms with Crippen LogP contribution in [0, 0.1) is 12.8 Å². The second kappa shape index (κ2) is 6.48. The first-order chi connectivity index (χ1) is 12.1. The van der Waals surface area contributed by atoms with E-state index in [9.17, 15) is 4.79 Å². The summed E-state index contributed by atoms with van der Waals surface area (Å²) < 4.78 is 13.4. The lowest BCUT2D eigenvalue weighted by atomic mass is 9.90. The normalized spacial score (nSPS) is 23.0. The fraction of sp³-hybridized carbons (Fsp3) is 0.500. The van der Waals surface area contributed by atoms with Gasteiger partial charge in [-0.2, -0.15) is 5.10 Å². The lowest BCUT2D eigenvalue weighted by Crippen LogP contribution is -2.45. The van der Waals surface area contributed by atoms with Crippen LogP contribution in [-0.4, -0.2) is 40.4 Å². The number of nitrogens with zero attached hydrogens (tertiary/aromatic N) is 4. The molecule has 0 aromatic carbocycles. The highest BCUT2D eigenvalue weighted by Gasteiger charge is 2.39. The molecule has 2 aromatic rings. The number of aryl methyl sites for hydroxylation is 2. The number of anilines is 1. The summed E-state index contributed by atoms with van der Waals surface area (Å²) in [5, 5.41) is 4.23. The quantitative estimate of drug-likeness (QED) is 0.835. The number of carbonyl (C=O) groups is 1. The van der Waals surface area contributed by atoms with Gasteiger partial charge in [0, 0.05) is 25.5 Å². The minimum Gasteiger partial charge on any atom is -0.474 e. The molecule has 0 spiro atoms. The van der Waals surface area contributed by atoms with Gasteiger partial charge >= 0.3 is 0 Å². The van der Waals surface area contributed by atoms with Crippen molar-refractivity contribution in [1.82, 2.24) is 14.8 Å². The zero-order valence-electron chi connectivity index (χ0n) is 14.5. The van der Waals surface area contributed by atoms with Gasteiger partial charge in [-0.3, -0.25) is 9.48 Å². The Morgan fingerprint density at radius 1 is 1.28 bits per heavy atom. The number of hydrogen-bond donors (Lipinski definition) is 0. The number of carbonyl (C=O) groups excluding carboxylic acids is 1. The van der Waals surface area contributed by atoms with Crippen LogP contribution in [0.2, 0.25) is 0 Å². The lowest BCUT2D eigenvalue weighted by Gasteiger charge is -2.36. The standard InChI is InChI=1S/C18H22N4O3/c1-12-5-6-15-17(20-12)25-11-9-22(15)18(23)13-4-3-10-24-16(13)14-7-8-19-21(14)2/h5-8,13,16H,3-4,9-11H2,1-2H3/t13-,16-/m1/s1. The maximum Gasteiger partial charge on any atom is 0.238 e. The predicted octanol–water partition coefficient (Wildman–Crippen LogP) is 2.02. The van der Waals surface area contributed by atoms with Gasteiger partial charge in [0.05, 0.1) is 18.2 Å². The molecule has 25 heavy (non-hydrogen) atoms. The fourth-order valence-electron chi connectivity index (χ4n) is 3.61. The molecule has 2 aliphatic rings. The van der Waals surface area contributed by atoms with Gasteiger partial charge in [-0.25, -0.2) is 4.98 Å². The van der Waals surface area contributed by atoms with Crippen molar-refractivity contribution in [3.8, 4) is 5.88 Å². The van der Waals surface area contributed by atoms with E-state index in [4.69, 9.17) is 9.47 Å². The average Bonchev–Trinajstić information content (AvgIpc) is 3.06. The van der Waals surface area contributed by atoms with Crippen LogP contribution in [0.15, 0.2) is 24.4 Å².